The summed E-state index contributed by atoms with van der Waals surface area (Å²) >= 11 is 2.44. The minimum Gasteiger partial charge on any atom is -0.508 e. The highest BCUT2D eigenvalue weighted by molar-refractivity contribution is 7.99. The number of amides is 2. The van der Waals surface area contributed by atoms with Gasteiger partial charge in [0.1, 0.15) is 5.75 Å². The summed E-state index contributed by atoms with van der Waals surface area (Å²) in [6.07, 6.45) is 0.0518. The van der Waals surface area contributed by atoms with Crippen LogP contribution >= 0.6 is 23.1 Å². The standard InChI is InChI=1S/C22H18N2O4S2/c25-15-9-5-4-8-14(15)17-18-19(23-21(28)30-18)29-12-22(17)10-16(26)24(20(22)27)11-13-6-2-1-3-7-13/h1-9,17,25H,10-12H2,(H,23,28)/t17-,22-/m1/s1. The average Bonchev–Trinajstić information content (AvgIpc) is 3.22. The number of aromatic hydroxyl groups is 1. The summed E-state index contributed by atoms with van der Waals surface area (Å²) in [6, 6.07) is 16.3. The number of thiazole rings is 1. The number of hydrogen-bond acceptors (Lipinski definition) is 6. The number of benzene rings is 2. The minimum absolute atomic E-state index is 0.0518. The molecule has 8 heteroatoms. The molecular weight excluding hydrogens is 420 g/mol. The molecule has 2 atom stereocenters. The number of hydrogen-bond donors (Lipinski definition) is 2. The summed E-state index contributed by atoms with van der Waals surface area (Å²) in [6.45, 7) is 0.217. The number of H-pyrrole nitrogens is 1. The Morgan fingerprint density at radius 3 is 2.57 bits per heavy atom. The monoisotopic (exact) mass is 438 g/mol. The van der Waals surface area contributed by atoms with Crippen molar-refractivity contribution in [3.05, 3.63) is 80.3 Å². The van der Waals surface area contributed by atoms with E-state index < -0.39 is 11.3 Å². The molecule has 2 aliphatic heterocycles. The lowest BCUT2D eigenvalue weighted by molar-refractivity contribution is -0.142. The van der Waals surface area contributed by atoms with Gasteiger partial charge >= 0.3 is 4.87 Å². The molecule has 1 saturated heterocycles. The number of carbonyl (C=O) groups excluding carboxylic acids is 2. The molecule has 2 amide bonds. The number of para-hydroxylation sites is 1. The number of aromatic amines is 1. The normalized spacial score (nSPS) is 23.2. The molecule has 2 N–H and O–H groups in total. The Kier molecular flexibility index (Phi) is 4.56. The lowest BCUT2D eigenvalue weighted by Gasteiger charge is -2.38. The summed E-state index contributed by atoms with van der Waals surface area (Å²) in [5.74, 6) is -0.611. The first-order chi connectivity index (χ1) is 14.5. The maximum Gasteiger partial charge on any atom is 0.305 e. The summed E-state index contributed by atoms with van der Waals surface area (Å²) in [5.41, 5.74) is 0.413. The van der Waals surface area contributed by atoms with Crippen LogP contribution in [-0.2, 0) is 16.1 Å². The third kappa shape index (κ3) is 2.90. The molecule has 1 fully saturated rings. The van der Waals surface area contributed by atoms with Gasteiger partial charge in [-0.15, -0.1) is 11.8 Å². The van der Waals surface area contributed by atoms with Crippen LogP contribution in [0, 0.1) is 5.41 Å². The zero-order valence-electron chi connectivity index (χ0n) is 15.8. The summed E-state index contributed by atoms with van der Waals surface area (Å²) in [4.78, 5) is 43.5. The number of fused-ring (bicyclic) bond motifs is 1. The van der Waals surface area contributed by atoms with Gasteiger partial charge in [-0.3, -0.25) is 19.3 Å². The molecule has 2 aromatic carbocycles. The molecule has 0 aliphatic carbocycles. The van der Waals surface area contributed by atoms with E-state index in [9.17, 15) is 19.5 Å². The summed E-state index contributed by atoms with van der Waals surface area (Å²) < 4.78 is 0. The lowest BCUT2D eigenvalue weighted by atomic mass is 9.70. The van der Waals surface area contributed by atoms with Crippen LogP contribution in [0.2, 0.25) is 0 Å². The number of aromatic nitrogens is 1. The predicted molar refractivity (Wildman–Crippen MR) is 115 cm³/mol. The van der Waals surface area contributed by atoms with Crippen LogP contribution in [0.5, 0.6) is 5.75 Å². The summed E-state index contributed by atoms with van der Waals surface area (Å²) in [7, 11) is 0. The fraction of sp³-hybridized carbons (Fsp3) is 0.227. The van der Waals surface area contributed by atoms with Gasteiger partial charge in [-0.25, -0.2) is 0 Å². The first kappa shape index (κ1) is 19.1. The SMILES string of the molecule is O=C1C[C@]2(CSc3[nH]c(=O)sc3[C@H]2c2ccccc2O)C(=O)N1Cc1ccccc1. The van der Waals surface area contributed by atoms with Crippen LogP contribution < -0.4 is 4.87 Å². The van der Waals surface area contributed by atoms with E-state index in [0.29, 0.717) is 21.2 Å². The first-order valence-corrected chi connectivity index (χ1v) is 11.3. The van der Waals surface area contributed by atoms with E-state index in [4.69, 9.17) is 0 Å². The second kappa shape index (κ2) is 7.14. The van der Waals surface area contributed by atoms with Crippen molar-refractivity contribution in [2.45, 2.75) is 23.9 Å². The first-order valence-electron chi connectivity index (χ1n) is 9.52. The molecule has 5 rings (SSSR count). The number of phenols is 1. The van der Waals surface area contributed by atoms with Crippen LogP contribution in [-0.4, -0.2) is 32.6 Å². The number of rotatable bonds is 3. The van der Waals surface area contributed by atoms with Crippen molar-refractivity contribution in [3.8, 4) is 5.75 Å². The maximum atomic E-state index is 13.7. The number of phenolic OH excluding ortho intramolecular Hbond substituents is 1. The van der Waals surface area contributed by atoms with Crippen LogP contribution in [0.3, 0.4) is 0 Å². The van der Waals surface area contributed by atoms with E-state index in [1.54, 1.807) is 24.3 Å². The number of likely N-dealkylation sites (tertiary alicyclic amines) is 1. The zero-order valence-corrected chi connectivity index (χ0v) is 17.5. The molecular formula is C22H18N2O4S2. The van der Waals surface area contributed by atoms with Crippen molar-refractivity contribution in [2.24, 2.45) is 5.41 Å². The van der Waals surface area contributed by atoms with Gasteiger partial charge in [-0.1, -0.05) is 59.9 Å². The molecule has 2 aliphatic rings. The Morgan fingerprint density at radius 2 is 1.80 bits per heavy atom. The largest absolute Gasteiger partial charge is 0.508 e. The molecule has 1 aromatic heterocycles. The minimum atomic E-state index is -1.03. The third-order valence-corrected chi connectivity index (χ3v) is 8.15. The predicted octanol–water partition coefficient (Wildman–Crippen LogP) is 3.33. The highest BCUT2D eigenvalue weighted by Gasteiger charge is 2.59. The molecule has 0 radical (unpaired) electrons. The highest BCUT2D eigenvalue weighted by atomic mass is 32.2. The van der Waals surface area contributed by atoms with E-state index in [2.05, 4.69) is 4.98 Å². The Bertz CT molecular complexity index is 1200. The number of thioether (sulfide) groups is 1. The van der Waals surface area contributed by atoms with Crippen LogP contribution in [0.4, 0.5) is 0 Å². The van der Waals surface area contributed by atoms with Crippen LogP contribution in [0.1, 0.15) is 28.3 Å². The number of nitrogens with one attached hydrogen (secondary N) is 1. The van der Waals surface area contributed by atoms with Gasteiger partial charge < -0.3 is 10.1 Å². The highest BCUT2D eigenvalue weighted by Crippen LogP contribution is 2.58. The number of carbonyl (C=O) groups is 2. The Hall–Kier alpha value is -2.84. The van der Waals surface area contributed by atoms with Crippen molar-refractivity contribution in [2.75, 3.05) is 5.75 Å². The topological polar surface area (TPSA) is 90.5 Å². The lowest BCUT2D eigenvalue weighted by Crippen LogP contribution is -2.42. The quantitative estimate of drug-likeness (QED) is 0.612. The Labute approximate surface area is 180 Å². The van der Waals surface area contributed by atoms with Crippen molar-refractivity contribution < 1.29 is 14.7 Å². The molecule has 0 unspecified atom stereocenters. The van der Waals surface area contributed by atoms with Crippen molar-refractivity contribution in [1.29, 1.82) is 0 Å². The Morgan fingerprint density at radius 1 is 1.07 bits per heavy atom. The molecule has 0 saturated carbocycles. The molecule has 3 aromatic rings. The molecule has 6 nitrogen and oxygen atoms in total. The van der Waals surface area contributed by atoms with E-state index in [1.807, 2.05) is 30.3 Å². The van der Waals surface area contributed by atoms with E-state index in [1.165, 1.54) is 16.7 Å². The number of nitrogens with zero attached hydrogens (tertiary/aromatic N) is 1. The van der Waals surface area contributed by atoms with Crippen molar-refractivity contribution in [3.63, 3.8) is 0 Å². The van der Waals surface area contributed by atoms with Gasteiger partial charge in [0.15, 0.2) is 0 Å². The van der Waals surface area contributed by atoms with Crippen LogP contribution in [0.25, 0.3) is 0 Å². The fourth-order valence-electron chi connectivity index (χ4n) is 4.42. The van der Waals surface area contributed by atoms with E-state index in [-0.39, 0.29) is 35.4 Å². The van der Waals surface area contributed by atoms with Crippen molar-refractivity contribution >= 4 is 34.9 Å². The second-order valence-electron chi connectivity index (χ2n) is 7.59. The molecule has 3 heterocycles. The van der Waals surface area contributed by atoms with E-state index in [0.717, 1.165) is 16.9 Å². The van der Waals surface area contributed by atoms with E-state index >= 15 is 0 Å². The maximum absolute atomic E-state index is 13.7. The zero-order chi connectivity index (χ0) is 20.9. The average molecular weight is 439 g/mol. The van der Waals surface area contributed by atoms with Gasteiger partial charge in [0, 0.05) is 28.5 Å². The Balaban J connectivity index is 1.63. The van der Waals surface area contributed by atoms with Gasteiger partial charge in [-0.2, -0.15) is 0 Å². The molecule has 152 valence electrons. The van der Waals surface area contributed by atoms with Crippen molar-refractivity contribution in [1.82, 2.24) is 9.88 Å². The van der Waals surface area contributed by atoms with Crippen LogP contribution in [0.15, 0.2) is 64.4 Å². The smallest absolute Gasteiger partial charge is 0.305 e. The second-order valence-corrected chi connectivity index (χ2v) is 9.59. The fourth-order valence-corrected chi connectivity index (χ4v) is 6.97. The number of imide groups is 1. The third-order valence-electron chi connectivity index (χ3n) is 5.80. The molecule has 0 bridgehead atoms. The molecule has 30 heavy (non-hydrogen) atoms. The van der Waals surface area contributed by atoms with Gasteiger partial charge in [0.05, 0.1) is 17.0 Å². The van der Waals surface area contributed by atoms with Gasteiger partial charge in [0.25, 0.3) is 0 Å². The van der Waals surface area contributed by atoms with Gasteiger partial charge in [0.2, 0.25) is 11.8 Å². The van der Waals surface area contributed by atoms with Gasteiger partial charge in [-0.05, 0) is 11.6 Å². The molecule has 1 spiro atoms. The summed E-state index contributed by atoms with van der Waals surface area (Å²) in [5, 5.41) is 11.3.